The van der Waals surface area contributed by atoms with Crippen LogP contribution < -0.4 is 0 Å². The molecular weight excluding hydrogens is 192 g/mol. The molecule has 0 saturated carbocycles. The SMILES string of the molecule is CN(C)C(c1ccccn1)C(CO)CO. The van der Waals surface area contributed by atoms with Gasteiger partial charge in [0, 0.05) is 25.3 Å². The lowest BCUT2D eigenvalue weighted by molar-refractivity contribution is 0.0789. The first kappa shape index (κ1) is 12.1. The zero-order valence-corrected chi connectivity index (χ0v) is 9.17. The Balaban J connectivity index is 2.92. The second-order valence-corrected chi connectivity index (χ2v) is 3.79. The Kier molecular flexibility index (Phi) is 4.68. The number of hydrogen-bond donors (Lipinski definition) is 2. The van der Waals surface area contributed by atoms with Crippen molar-refractivity contribution >= 4 is 0 Å². The predicted octanol–water partition coefficient (Wildman–Crippen LogP) is 0.285. The molecule has 1 aromatic heterocycles. The van der Waals surface area contributed by atoms with Crippen molar-refractivity contribution in [2.75, 3.05) is 27.3 Å². The highest BCUT2D eigenvalue weighted by molar-refractivity contribution is 5.10. The van der Waals surface area contributed by atoms with Crippen LogP contribution >= 0.6 is 0 Å². The molecule has 4 nitrogen and oxygen atoms in total. The molecule has 0 spiro atoms. The van der Waals surface area contributed by atoms with Crippen molar-refractivity contribution < 1.29 is 10.2 Å². The normalized spacial score (nSPS) is 13.5. The molecule has 0 aromatic carbocycles. The molecule has 84 valence electrons. The molecule has 1 rings (SSSR count). The summed E-state index contributed by atoms with van der Waals surface area (Å²) >= 11 is 0. The van der Waals surface area contributed by atoms with Crippen LogP contribution in [0, 0.1) is 5.92 Å². The van der Waals surface area contributed by atoms with Crippen LogP contribution in [-0.4, -0.2) is 47.4 Å². The molecule has 1 atom stereocenters. The summed E-state index contributed by atoms with van der Waals surface area (Å²) in [7, 11) is 3.83. The van der Waals surface area contributed by atoms with Crippen LogP contribution in [-0.2, 0) is 0 Å². The molecule has 0 aliphatic carbocycles. The number of aliphatic hydroxyl groups excluding tert-OH is 2. The molecule has 0 aliphatic rings. The van der Waals surface area contributed by atoms with Gasteiger partial charge in [-0.1, -0.05) is 6.07 Å². The van der Waals surface area contributed by atoms with Crippen molar-refractivity contribution in [3.05, 3.63) is 30.1 Å². The van der Waals surface area contributed by atoms with Gasteiger partial charge in [-0.05, 0) is 26.2 Å². The van der Waals surface area contributed by atoms with E-state index in [9.17, 15) is 10.2 Å². The fraction of sp³-hybridized carbons (Fsp3) is 0.545. The van der Waals surface area contributed by atoms with E-state index in [1.165, 1.54) is 0 Å². The van der Waals surface area contributed by atoms with Gasteiger partial charge in [-0.25, -0.2) is 0 Å². The Morgan fingerprint density at radius 1 is 1.27 bits per heavy atom. The minimum absolute atomic E-state index is 0.0457. The van der Waals surface area contributed by atoms with E-state index >= 15 is 0 Å². The minimum atomic E-state index is -0.199. The van der Waals surface area contributed by atoms with Crippen molar-refractivity contribution in [1.29, 1.82) is 0 Å². The van der Waals surface area contributed by atoms with E-state index in [1.54, 1.807) is 6.20 Å². The fourth-order valence-electron chi connectivity index (χ4n) is 1.74. The average molecular weight is 210 g/mol. The molecule has 15 heavy (non-hydrogen) atoms. The topological polar surface area (TPSA) is 56.6 Å². The van der Waals surface area contributed by atoms with Crippen molar-refractivity contribution in [3.8, 4) is 0 Å². The van der Waals surface area contributed by atoms with E-state index in [2.05, 4.69) is 4.98 Å². The first-order valence-electron chi connectivity index (χ1n) is 4.99. The lowest BCUT2D eigenvalue weighted by Gasteiger charge is -2.29. The Morgan fingerprint density at radius 3 is 2.33 bits per heavy atom. The summed E-state index contributed by atoms with van der Waals surface area (Å²) < 4.78 is 0. The Morgan fingerprint density at radius 2 is 1.93 bits per heavy atom. The van der Waals surface area contributed by atoms with Crippen LogP contribution in [0.3, 0.4) is 0 Å². The molecule has 0 fully saturated rings. The van der Waals surface area contributed by atoms with E-state index in [-0.39, 0.29) is 25.2 Å². The molecule has 0 amide bonds. The van der Waals surface area contributed by atoms with Gasteiger partial charge in [0.1, 0.15) is 0 Å². The molecule has 0 bridgehead atoms. The molecule has 0 saturated heterocycles. The monoisotopic (exact) mass is 210 g/mol. The van der Waals surface area contributed by atoms with Gasteiger partial charge in [-0.2, -0.15) is 0 Å². The van der Waals surface area contributed by atoms with Crippen LogP contribution in [0.1, 0.15) is 11.7 Å². The third-order valence-electron chi connectivity index (χ3n) is 2.46. The molecule has 1 aromatic rings. The minimum Gasteiger partial charge on any atom is -0.396 e. The van der Waals surface area contributed by atoms with Gasteiger partial charge in [0.15, 0.2) is 0 Å². The summed E-state index contributed by atoms with van der Waals surface area (Å²) in [6.45, 7) is -0.0914. The standard InChI is InChI=1S/C11H18N2O2/c1-13(2)11(9(7-14)8-15)10-5-3-4-6-12-10/h3-6,9,11,14-15H,7-8H2,1-2H3. The average Bonchev–Trinajstić information content (AvgIpc) is 2.26. The highest BCUT2D eigenvalue weighted by atomic mass is 16.3. The van der Waals surface area contributed by atoms with E-state index in [4.69, 9.17) is 0 Å². The van der Waals surface area contributed by atoms with E-state index in [1.807, 2.05) is 37.2 Å². The third-order valence-corrected chi connectivity index (χ3v) is 2.46. The maximum Gasteiger partial charge on any atom is 0.0588 e. The van der Waals surface area contributed by atoms with Crippen LogP contribution in [0.25, 0.3) is 0 Å². The van der Waals surface area contributed by atoms with E-state index in [0.717, 1.165) is 5.69 Å². The predicted molar refractivity (Wildman–Crippen MR) is 58.3 cm³/mol. The first-order valence-corrected chi connectivity index (χ1v) is 4.99. The quantitative estimate of drug-likeness (QED) is 0.733. The molecule has 1 heterocycles. The zero-order valence-electron chi connectivity index (χ0n) is 9.17. The van der Waals surface area contributed by atoms with Crippen molar-refractivity contribution in [2.45, 2.75) is 6.04 Å². The number of aliphatic hydroxyl groups is 2. The molecule has 2 N–H and O–H groups in total. The molecule has 0 radical (unpaired) electrons. The summed E-state index contributed by atoms with van der Waals surface area (Å²) in [5, 5.41) is 18.4. The largest absolute Gasteiger partial charge is 0.396 e. The second kappa shape index (κ2) is 5.80. The number of aromatic nitrogens is 1. The van der Waals surface area contributed by atoms with Gasteiger partial charge in [0.25, 0.3) is 0 Å². The smallest absolute Gasteiger partial charge is 0.0588 e. The summed E-state index contributed by atoms with van der Waals surface area (Å²) in [4.78, 5) is 6.21. The number of rotatable bonds is 5. The number of hydrogen-bond acceptors (Lipinski definition) is 4. The Hall–Kier alpha value is -0.970. The summed E-state index contributed by atoms with van der Waals surface area (Å²) in [5.41, 5.74) is 0.871. The lowest BCUT2D eigenvalue weighted by Crippen LogP contribution is -2.32. The van der Waals surface area contributed by atoms with Crippen molar-refractivity contribution in [3.63, 3.8) is 0 Å². The zero-order chi connectivity index (χ0) is 11.3. The van der Waals surface area contributed by atoms with Gasteiger partial charge in [0.2, 0.25) is 0 Å². The highest BCUT2D eigenvalue weighted by Gasteiger charge is 2.24. The molecule has 1 unspecified atom stereocenters. The van der Waals surface area contributed by atoms with Gasteiger partial charge in [0.05, 0.1) is 11.7 Å². The van der Waals surface area contributed by atoms with Crippen LogP contribution in [0.4, 0.5) is 0 Å². The maximum atomic E-state index is 9.19. The summed E-state index contributed by atoms with van der Waals surface area (Å²) in [6.07, 6.45) is 1.72. The van der Waals surface area contributed by atoms with E-state index < -0.39 is 0 Å². The summed E-state index contributed by atoms with van der Waals surface area (Å²) in [5.74, 6) is -0.199. The van der Waals surface area contributed by atoms with Gasteiger partial charge in [-0.15, -0.1) is 0 Å². The van der Waals surface area contributed by atoms with Crippen LogP contribution in [0.5, 0.6) is 0 Å². The van der Waals surface area contributed by atoms with Crippen LogP contribution in [0.2, 0.25) is 0 Å². The van der Waals surface area contributed by atoms with Crippen molar-refractivity contribution in [2.24, 2.45) is 5.92 Å². The molecule has 0 aliphatic heterocycles. The van der Waals surface area contributed by atoms with Crippen LogP contribution in [0.15, 0.2) is 24.4 Å². The Bertz CT molecular complexity index is 273. The fourth-order valence-corrected chi connectivity index (χ4v) is 1.74. The number of nitrogens with zero attached hydrogens (tertiary/aromatic N) is 2. The second-order valence-electron chi connectivity index (χ2n) is 3.79. The van der Waals surface area contributed by atoms with Gasteiger partial charge in [-0.3, -0.25) is 4.98 Å². The highest BCUT2D eigenvalue weighted by Crippen LogP contribution is 2.24. The van der Waals surface area contributed by atoms with Crippen molar-refractivity contribution in [1.82, 2.24) is 9.88 Å². The first-order chi connectivity index (χ1) is 7.20. The summed E-state index contributed by atoms with van der Waals surface area (Å²) in [6, 6.07) is 5.61. The van der Waals surface area contributed by atoms with Gasteiger partial charge < -0.3 is 15.1 Å². The van der Waals surface area contributed by atoms with Gasteiger partial charge >= 0.3 is 0 Å². The van der Waals surface area contributed by atoms with E-state index in [0.29, 0.717) is 0 Å². The lowest BCUT2D eigenvalue weighted by atomic mass is 9.97. The Labute approximate surface area is 90.2 Å². The maximum absolute atomic E-state index is 9.19. The molecule has 4 heteroatoms. The third kappa shape index (κ3) is 2.99. The number of pyridine rings is 1. The molecular formula is C11H18N2O2.